The second kappa shape index (κ2) is 15.2. The van der Waals surface area contributed by atoms with E-state index >= 15 is 4.39 Å². The largest absolute Gasteiger partial charge is 0.489 e. The molecule has 5 rings (SSSR count). The van der Waals surface area contributed by atoms with Gasteiger partial charge in [-0.15, -0.1) is 4.91 Å². The number of carbonyl (C=O) groups excluding carboxylic acids is 2. The summed E-state index contributed by atoms with van der Waals surface area (Å²) >= 11 is 0. The quantitative estimate of drug-likeness (QED) is 0.0936. The average Bonchev–Trinajstić information content (AvgIpc) is 3.48. The molecule has 1 aromatic heterocycles. The first kappa shape index (κ1) is 34.2. The molecule has 1 heterocycles. The molecule has 1 unspecified atom stereocenters. The Morgan fingerprint density at radius 1 is 0.938 bits per heavy atom. The van der Waals surface area contributed by atoms with Crippen molar-refractivity contribution in [2.45, 2.75) is 66.0 Å². The van der Waals surface area contributed by atoms with E-state index in [4.69, 9.17) is 9.72 Å². The van der Waals surface area contributed by atoms with Crippen LogP contribution in [0.2, 0.25) is 0 Å². The van der Waals surface area contributed by atoms with Crippen LogP contribution >= 0.6 is 0 Å². The zero-order chi connectivity index (χ0) is 34.4. The fourth-order valence-corrected chi connectivity index (χ4v) is 5.99. The molecule has 0 fully saturated rings. The highest BCUT2D eigenvalue weighted by molar-refractivity contribution is 5.98. The highest BCUT2D eigenvalue weighted by Crippen LogP contribution is 2.35. The molecular weight excluding hydrogens is 607 g/mol. The molecule has 2 amide bonds. The predicted molar refractivity (Wildman–Crippen MR) is 189 cm³/mol. The number of aromatic nitrogens is 2. The van der Waals surface area contributed by atoms with Crippen LogP contribution in [-0.2, 0) is 11.4 Å². The lowest BCUT2D eigenvalue weighted by Gasteiger charge is -2.22. The number of imidazole rings is 1. The number of hydrogen-bond donors (Lipinski definition) is 0. The lowest BCUT2D eigenvalue weighted by Crippen LogP contribution is -2.30. The van der Waals surface area contributed by atoms with Crippen molar-refractivity contribution in [3.63, 3.8) is 0 Å². The third kappa shape index (κ3) is 7.35. The van der Waals surface area contributed by atoms with Gasteiger partial charge in [0.1, 0.15) is 24.0 Å². The topological polar surface area (TPSA) is 93.9 Å². The summed E-state index contributed by atoms with van der Waals surface area (Å²) in [5.74, 6) is -0.767. The molecule has 1 atom stereocenters. The summed E-state index contributed by atoms with van der Waals surface area (Å²) in [4.78, 5) is 42.0. The molecule has 0 aliphatic carbocycles. The first-order valence-electron chi connectivity index (χ1n) is 16.4. The van der Waals surface area contributed by atoms with Crippen molar-refractivity contribution < 1.29 is 18.7 Å². The van der Waals surface area contributed by atoms with Gasteiger partial charge in [-0.25, -0.2) is 9.37 Å². The van der Waals surface area contributed by atoms with Crippen molar-refractivity contribution in [1.82, 2.24) is 9.55 Å². The standard InChI is InChI=1S/C39H41FN4O4/c1-6-7-9-12-26(4)44-36-20-15-28(38(45)42-47)22-35(36)41-37(44)33-19-17-31(23-34(33)40)48-24-29-21-30(43(5)39(46)25(2)3)16-18-32(29)27-13-10-8-11-14-27/h8,10-11,13-23,25-26H,6-7,9,12,24H2,1-5H3. The lowest BCUT2D eigenvalue weighted by atomic mass is 9.99. The summed E-state index contributed by atoms with van der Waals surface area (Å²) in [7, 11) is 1.76. The molecule has 0 saturated heterocycles. The van der Waals surface area contributed by atoms with E-state index in [-0.39, 0.29) is 30.0 Å². The van der Waals surface area contributed by atoms with Gasteiger partial charge in [0.25, 0.3) is 0 Å². The Morgan fingerprint density at radius 2 is 1.69 bits per heavy atom. The Bertz CT molecular complexity index is 1940. The van der Waals surface area contributed by atoms with Crippen molar-refractivity contribution in [2.75, 3.05) is 11.9 Å². The van der Waals surface area contributed by atoms with Crippen LogP contribution in [0.1, 0.15) is 75.3 Å². The van der Waals surface area contributed by atoms with Crippen LogP contribution in [0.15, 0.2) is 90.1 Å². The second-order valence-corrected chi connectivity index (χ2v) is 12.4. The van der Waals surface area contributed by atoms with Gasteiger partial charge in [0.2, 0.25) is 5.91 Å². The van der Waals surface area contributed by atoms with Gasteiger partial charge in [-0.3, -0.25) is 9.59 Å². The van der Waals surface area contributed by atoms with Crippen LogP contribution in [-0.4, -0.2) is 28.4 Å². The molecule has 5 aromatic rings. The Kier molecular flexibility index (Phi) is 10.8. The van der Waals surface area contributed by atoms with Crippen LogP contribution in [0.5, 0.6) is 5.75 Å². The van der Waals surface area contributed by atoms with Gasteiger partial charge < -0.3 is 14.2 Å². The fourth-order valence-electron chi connectivity index (χ4n) is 5.99. The van der Waals surface area contributed by atoms with Gasteiger partial charge in [-0.2, -0.15) is 0 Å². The first-order chi connectivity index (χ1) is 23.1. The number of halogens is 1. The number of amides is 2. The minimum atomic E-state index is -0.879. The van der Waals surface area contributed by atoms with E-state index in [0.29, 0.717) is 22.7 Å². The molecule has 0 radical (unpaired) electrons. The number of anilines is 1. The zero-order valence-corrected chi connectivity index (χ0v) is 28.1. The maximum absolute atomic E-state index is 16.0. The minimum absolute atomic E-state index is 0.000853. The van der Waals surface area contributed by atoms with E-state index in [1.807, 2.05) is 66.9 Å². The molecule has 8 nitrogen and oxygen atoms in total. The van der Waals surface area contributed by atoms with Gasteiger partial charge in [0.05, 0.1) is 16.6 Å². The number of nitroso groups, excluding NO2 is 1. The Morgan fingerprint density at radius 3 is 2.38 bits per heavy atom. The Labute approximate surface area is 280 Å². The van der Waals surface area contributed by atoms with Gasteiger partial charge in [0.15, 0.2) is 0 Å². The minimum Gasteiger partial charge on any atom is -0.489 e. The predicted octanol–water partition coefficient (Wildman–Crippen LogP) is 9.76. The first-order valence-corrected chi connectivity index (χ1v) is 16.4. The molecular formula is C39H41FN4O4. The van der Waals surface area contributed by atoms with Crippen molar-refractivity contribution in [3.8, 4) is 28.3 Å². The number of unbranched alkanes of at least 4 members (excludes halogenated alkanes) is 2. The van der Waals surface area contributed by atoms with Crippen molar-refractivity contribution in [2.24, 2.45) is 11.1 Å². The molecule has 0 spiro atoms. The summed E-state index contributed by atoms with van der Waals surface area (Å²) in [5, 5.41) is 2.54. The van der Waals surface area contributed by atoms with Crippen molar-refractivity contribution in [3.05, 3.63) is 107 Å². The summed E-state index contributed by atoms with van der Waals surface area (Å²) < 4.78 is 24.2. The third-order valence-corrected chi connectivity index (χ3v) is 8.65. The van der Waals surface area contributed by atoms with Crippen molar-refractivity contribution in [1.29, 1.82) is 0 Å². The number of ether oxygens (including phenoxy) is 1. The summed E-state index contributed by atoms with van der Waals surface area (Å²) in [5.41, 5.74) is 5.20. The fraction of sp³-hybridized carbons (Fsp3) is 0.308. The molecule has 0 aliphatic heterocycles. The van der Waals surface area contributed by atoms with Crippen molar-refractivity contribution >= 4 is 28.5 Å². The van der Waals surface area contributed by atoms with Crippen LogP contribution in [0.4, 0.5) is 10.1 Å². The normalized spacial score (nSPS) is 11.9. The lowest BCUT2D eigenvalue weighted by molar-refractivity contribution is -0.121. The number of nitrogens with zero attached hydrogens (tertiary/aromatic N) is 4. The molecule has 0 bridgehead atoms. The smallest absolute Gasteiger partial charge is 0.316 e. The van der Waals surface area contributed by atoms with Gasteiger partial charge >= 0.3 is 5.91 Å². The van der Waals surface area contributed by atoms with E-state index in [1.165, 1.54) is 12.1 Å². The number of carbonyl (C=O) groups is 2. The molecule has 0 saturated carbocycles. The maximum Gasteiger partial charge on any atom is 0.316 e. The second-order valence-electron chi connectivity index (χ2n) is 12.4. The molecule has 9 heteroatoms. The molecule has 0 N–H and O–H groups in total. The third-order valence-electron chi connectivity index (χ3n) is 8.65. The molecule has 48 heavy (non-hydrogen) atoms. The summed E-state index contributed by atoms with van der Waals surface area (Å²) in [6, 6.07) is 25.3. The maximum atomic E-state index is 16.0. The Hall–Kier alpha value is -5.18. The van der Waals surface area contributed by atoms with Gasteiger partial charge in [-0.05, 0) is 72.5 Å². The highest BCUT2D eigenvalue weighted by Gasteiger charge is 2.22. The molecule has 248 valence electrons. The van der Waals surface area contributed by atoms with E-state index in [0.717, 1.165) is 53.6 Å². The van der Waals surface area contributed by atoms with Crippen LogP contribution in [0, 0.1) is 16.6 Å². The van der Waals surface area contributed by atoms with Crippen LogP contribution in [0.25, 0.3) is 33.5 Å². The number of benzene rings is 4. The van der Waals surface area contributed by atoms with Crippen LogP contribution < -0.4 is 9.64 Å². The van der Waals surface area contributed by atoms with Gasteiger partial charge in [0, 0.05) is 41.5 Å². The zero-order valence-electron chi connectivity index (χ0n) is 28.1. The van der Waals surface area contributed by atoms with Gasteiger partial charge in [-0.1, -0.05) is 76.4 Å². The van der Waals surface area contributed by atoms with E-state index in [2.05, 4.69) is 19.0 Å². The summed E-state index contributed by atoms with van der Waals surface area (Å²) in [6.45, 7) is 8.10. The van der Waals surface area contributed by atoms with E-state index in [1.54, 1.807) is 36.2 Å². The molecule has 0 aliphatic rings. The van der Waals surface area contributed by atoms with Crippen LogP contribution in [0.3, 0.4) is 0 Å². The number of rotatable bonds is 13. The summed E-state index contributed by atoms with van der Waals surface area (Å²) in [6.07, 6.45) is 4.03. The molecule has 4 aromatic carbocycles. The Balaban J connectivity index is 1.48. The van der Waals surface area contributed by atoms with E-state index in [9.17, 15) is 14.5 Å². The SMILES string of the molecule is CCCCCC(C)n1c(-c2ccc(OCc3cc(N(C)C(=O)C(C)C)ccc3-c3ccccc3)cc2F)nc2cc(C(=O)N=O)ccc21. The number of hydrogen-bond acceptors (Lipinski definition) is 5. The monoisotopic (exact) mass is 648 g/mol. The average molecular weight is 649 g/mol. The number of fused-ring (bicyclic) bond motifs is 1. The highest BCUT2D eigenvalue weighted by atomic mass is 19.1. The van der Waals surface area contributed by atoms with E-state index < -0.39 is 11.7 Å².